The zero-order chi connectivity index (χ0) is 19.2. The highest BCUT2D eigenvalue weighted by atomic mass is 15.3. The van der Waals surface area contributed by atoms with Gasteiger partial charge in [0.05, 0.1) is 17.8 Å². The monoisotopic (exact) mass is 367 g/mol. The number of likely N-dealkylation sites (tertiary alicyclic amines) is 1. The molecular weight excluding hydrogens is 338 g/mol. The SMILES string of the molecule is C=C/C(=N\NC(C)=NCC(C)N1CCCCC1)c1ccc2[nH]nc(N)c2c1. The van der Waals surface area contributed by atoms with Crippen LogP contribution in [0.25, 0.3) is 10.9 Å². The Kier molecular flexibility index (Phi) is 6.24. The number of fused-ring (bicyclic) bond motifs is 1. The summed E-state index contributed by atoms with van der Waals surface area (Å²) in [5.74, 6) is 1.27. The van der Waals surface area contributed by atoms with Crippen molar-refractivity contribution < 1.29 is 0 Å². The largest absolute Gasteiger partial charge is 0.382 e. The Morgan fingerprint density at radius 3 is 2.93 bits per heavy atom. The molecular formula is C20H29N7. The zero-order valence-corrected chi connectivity index (χ0v) is 16.2. The molecule has 1 aromatic carbocycles. The first kappa shape index (κ1) is 19.1. The van der Waals surface area contributed by atoms with E-state index in [4.69, 9.17) is 5.73 Å². The number of hydrogen-bond acceptors (Lipinski definition) is 5. The fourth-order valence-electron chi connectivity index (χ4n) is 3.34. The summed E-state index contributed by atoms with van der Waals surface area (Å²) in [7, 11) is 0. The molecule has 3 rings (SSSR count). The van der Waals surface area contributed by atoms with Crippen LogP contribution < -0.4 is 11.2 Å². The van der Waals surface area contributed by atoms with Gasteiger partial charge in [0.1, 0.15) is 5.84 Å². The van der Waals surface area contributed by atoms with Crippen LogP contribution >= 0.6 is 0 Å². The van der Waals surface area contributed by atoms with Crippen LogP contribution in [0.5, 0.6) is 0 Å². The predicted octanol–water partition coefficient (Wildman–Crippen LogP) is 2.92. The summed E-state index contributed by atoms with van der Waals surface area (Å²) >= 11 is 0. The maximum Gasteiger partial charge on any atom is 0.153 e. The fourth-order valence-corrected chi connectivity index (χ4v) is 3.34. The van der Waals surface area contributed by atoms with Crippen molar-refractivity contribution in [3.05, 3.63) is 36.4 Å². The number of H-pyrrole nitrogens is 1. The van der Waals surface area contributed by atoms with E-state index in [1.54, 1.807) is 6.08 Å². The fraction of sp³-hybridized carbons (Fsp3) is 0.450. The number of allylic oxidation sites excluding steroid dienone is 1. The highest BCUT2D eigenvalue weighted by Crippen LogP contribution is 2.19. The highest BCUT2D eigenvalue weighted by molar-refractivity contribution is 6.11. The average molecular weight is 368 g/mol. The molecule has 2 aromatic rings. The van der Waals surface area contributed by atoms with Gasteiger partial charge in [-0.2, -0.15) is 10.2 Å². The van der Waals surface area contributed by atoms with E-state index in [2.05, 4.69) is 44.1 Å². The molecule has 0 bridgehead atoms. The summed E-state index contributed by atoms with van der Waals surface area (Å²) in [5.41, 5.74) is 11.5. The maximum absolute atomic E-state index is 5.89. The van der Waals surface area contributed by atoms with Crippen molar-refractivity contribution in [2.75, 3.05) is 25.4 Å². The first-order valence-corrected chi connectivity index (χ1v) is 9.53. The Morgan fingerprint density at radius 2 is 2.19 bits per heavy atom. The molecule has 0 radical (unpaired) electrons. The summed E-state index contributed by atoms with van der Waals surface area (Å²) in [4.78, 5) is 7.16. The van der Waals surface area contributed by atoms with E-state index in [-0.39, 0.29) is 0 Å². The minimum Gasteiger partial charge on any atom is -0.382 e. The lowest BCUT2D eigenvalue weighted by Gasteiger charge is -2.31. The summed E-state index contributed by atoms with van der Waals surface area (Å²) in [6.07, 6.45) is 5.66. The number of hydrogen-bond donors (Lipinski definition) is 3. The van der Waals surface area contributed by atoms with Crippen LogP contribution in [0.4, 0.5) is 5.82 Å². The van der Waals surface area contributed by atoms with Crippen LogP contribution in [0.2, 0.25) is 0 Å². The van der Waals surface area contributed by atoms with E-state index in [1.807, 2.05) is 25.1 Å². The number of piperidine rings is 1. The molecule has 0 aliphatic carbocycles. The average Bonchev–Trinajstić information content (AvgIpc) is 3.07. The van der Waals surface area contributed by atoms with E-state index >= 15 is 0 Å². The van der Waals surface area contributed by atoms with Crippen molar-refractivity contribution >= 4 is 28.3 Å². The third-order valence-corrected chi connectivity index (χ3v) is 5.03. The van der Waals surface area contributed by atoms with Gasteiger partial charge in [-0.15, -0.1) is 0 Å². The molecule has 1 aliphatic rings. The smallest absolute Gasteiger partial charge is 0.153 e. The number of aromatic amines is 1. The number of benzene rings is 1. The minimum atomic E-state index is 0.455. The van der Waals surface area contributed by atoms with Gasteiger partial charge in [-0.1, -0.05) is 19.1 Å². The molecule has 1 unspecified atom stereocenters. The molecule has 1 atom stereocenters. The standard InChI is InChI=1S/C20H29N7/c1-4-18(16-8-9-19-17(12-16)20(21)26-25-19)24-23-15(3)22-13-14(2)27-10-6-5-7-11-27/h4,8-9,12,14H,1,5-7,10-11,13H2,2-3H3,(H,22,23)(H3,21,25,26)/b24-18+. The van der Waals surface area contributed by atoms with E-state index in [9.17, 15) is 0 Å². The van der Waals surface area contributed by atoms with Crippen LogP contribution in [0.15, 0.2) is 40.9 Å². The van der Waals surface area contributed by atoms with Gasteiger partial charge in [0.2, 0.25) is 0 Å². The van der Waals surface area contributed by atoms with Crippen molar-refractivity contribution in [1.29, 1.82) is 0 Å². The van der Waals surface area contributed by atoms with Crippen LogP contribution in [-0.2, 0) is 0 Å². The number of nitrogens with zero attached hydrogens (tertiary/aromatic N) is 4. The van der Waals surface area contributed by atoms with Gasteiger partial charge in [-0.05, 0) is 58.0 Å². The Labute approximate surface area is 160 Å². The summed E-state index contributed by atoms with van der Waals surface area (Å²) in [6.45, 7) is 11.2. The van der Waals surface area contributed by atoms with Crippen molar-refractivity contribution in [1.82, 2.24) is 20.5 Å². The lowest BCUT2D eigenvalue weighted by Crippen LogP contribution is -2.39. The van der Waals surface area contributed by atoms with Gasteiger partial charge in [0.15, 0.2) is 5.82 Å². The summed E-state index contributed by atoms with van der Waals surface area (Å²) in [6, 6.07) is 6.32. The number of nitrogens with one attached hydrogen (secondary N) is 2. The molecule has 1 fully saturated rings. The number of hydrazone groups is 1. The number of aromatic nitrogens is 2. The van der Waals surface area contributed by atoms with Gasteiger partial charge in [-0.25, -0.2) is 0 Å². The Morgan fingerprint density at radius 1 is 1.41 bits per heavy atom. The molecule has 7 nitrogen and oxygen atoms in total. The maximum atomic E-state index is 5.89. The lowest BCUT2D eigenvalue weighted by atomic mass is 10.1. The van der Waals surface area contributed by atoms with Crippen molar-refractivity contribution in [2.24, 2.45) is 10.1 Å². The first-order valence-electron chi connectivity index (χ1n) is 9.53. The number of rotatable bonds is 6. The number of amidine groups is 1. The molecule has 27 heavy (non-hydrogen) atoms. The van der Waals surface area contributed by atoms with Crippen LogP contribution in [0, 0.1) is 0 Å². The molecule has 144 valence electrons. The Bertz CT molecular complexity index is 843. The topological polar surface area (TPSA) is 94.7 Å². The van der Waals surface area contributed by atoms with Crippen LogP contribution in [0.3, 0.4) is 0 Å². The third kappa shape index (κ3) is 4.74. The first-order chi connectivity index (χ1) is 13.1. The van der Waals surface area contributed by atoms with Crippen molar-refractivity contribution in [3.63, 3.8) is 0 Å². The molecule has 1 saturated heterocycles. The second kappa shape index (κ2) is 8.81. The quantitative estimate of drug-likeness (QED) is 0.416. The lowest BCUT2D eigenvalue weighted by molar-refractivity contribution is 0.178. The van der Waals surface area contributed by atoms with Gasteiger partial charge < -0.3 is 5.73 Å². The van der Waals surface area contributed by atoms with Gasteiger partial charge in [0, 0.05) is 17.0 Å². The van der Waals surface area contributed by atoms with Gasteiger partial charge >= 0.3 is 0 Å². The minimum absolute atomic E-state index is 0.455. The van der Waals surface area contributed by atoms with Crippen LogP contribution in [-0.4, -0.2) is 52.3 Å². The van der Waals surface area contributed by atoms with E-state index in [1.165, 1.54) is 32.4 Å². The molecule has 1 aliphatic heterocycles. The molecule has 7 heteroatoms. The van der Waals surface area contributed by atoms with Crippen LogP contribution in [0.1, 0.15) is 38.7 Å². The zero-order valence-electron chi connectivity index (χ0n) is 16.2. The molecule has 0 spiro atoms. The predicted molar refractivity (Wildman–Crippen MR) is 113 cm³/mol. The van der Waals surface area contributed by atoms with E-state index in [0.717, 1.165) is 34.6 Å². The molecule has 2 heterocycles. The Hall–Kier alpha value is -2.67. The third-order valence-electron chi connectivity index (χ3n) is 5.03. The molecule has 0 saturated carbocycles. The van der Waals surface area contributed by atoms with Crippen molar-refractivity contribution in [2.45, 2.75) is 39.2 Å². The molecule has 0 amide bonds. The van der Waals surface area contributed by atoms with E-state index in [0.29, 0.717) is 11.9 Å². The van der Waals surface area contributed by atoms with Gasteiger partial charge in [0.25, 0.3) is 0 Å². The van der Waals surface area contributed by atoms with Crippen molar-refractivity contribution in [3.8, 4) is 0 Å². The number of nitrogens with two attached hydrogens (primary N) is 1. The highest BCUT2D eigenvalue weighted by Gasteiger charge is 2.15. The normalized spacial score (nSPS) is 17.9. The summed E-state index contributed by atoms with van der Waals surface area (Å²) < 4.78 is 0. The second-order valence-electron chi connectivity index (χ2n) is 7.05. The number of anilines is 1. The number of aliphatic imine (C=N–C) groups is 1. The van der Waals surface area contributed by atoms with E-state index < -0.39 is 0 Å². The Balaban J connectivity index is 1.64. The number of nitrogen functional groups attached to an aromatic ring is 1. The van der Waals surface area contributed by atoms with Gasteiger partial charge in [-0.3, -0.25) is 20.4 Å². The summed E-state index contributed by atoms with van der Waals surface area (Å²) in [5, 5.41) is 12.3. The molecule has 1 aromatic heterocycles. The second-order valence-corrected chi connectivity index (χ2v) is 7.05. The molecule has 4 N–H and O–H groups in total.